The van der Waals surface area contributed by atoms with Crippen LogP contribution in [0.3, 0.4) is 0 Å². The van der Waals surface area contributed by atoms with E-state index in [1.807, 2.05) is 0 Å². The first-order chi connectivity index (χ1) is 3.84. The van der Waals surface area contributed by atoms with Crippen LogP contribution in [-0.2, 0) is 5.88 Å². The highest BCUT2D eigenvalue weighted by molar-refractivity contribution is 6.30. The predicted octanol–water partition coefficient (Wildman–Crippen LogP) is 2.07. The molecule has 1 aromatic heterocycles. The van der Waals surface area contributed by atoms with Gasteiger partial charge in [-0.05, 0) is 11.6 Å². The van der Waals surface area contributed by atoms with Crippen LogP contribution in [-0.4, -0.2) is 4.98 Å². The van der Waals surface area contributed by atoms with Crippen LogP contribution in [0.1, 0.15) is 5.69 Å². The maximum absolute atomic E-state index is 5.43. The minimum absolute atomic E-state index is 0.278. The monoisotopic (exact) mass is 151 g/mol. The summed E-state index contributed by atoms with van der Waals surface area (Å²) in [5, 5.41) is 0.278. The Morgan fingerprint density at radius 2 is 2.50 bits per heavy atom. The lowest BCUT2D eigenvalue weighted by atomic mass is 10.6. The summed E-state index contributed by atoms with van der Waals surface area (Å²) in [6.07, 6.45) is 1.26. The summed E-state index contributed by atoms with van der Waals surface area (Å²) in [5.74, 6) is 0.301. The van der Waals surface area contributed by atoms with Crippen molar-refractivity contribution in [2.24, 2.45) is 0 Å². The third-order valence-electron chi connectivity index (χ3n) is 0.718. The fourth-order valence-electron chi connectivity index (χ4n) is 0.342. The highest BCUT2D eigenvalue weighted by Crippen LogP contribution is 2.14. The zero-order chi connectivity index (χ0) is 5.98. The molecule has 1 aromatic rings. The summed E-state index contributed by atoms with van der Waals surface area (Å²) < 4.78 is 4.63. The van der Waals surface area contributed by atoms with Gasteiger partial charge in [0, 0.05) is 0 Å². The minimum Gasteiger partial charge on any atom is -0.432 e. The first-order valence-electron chi connectivity index (χ1n) is 1.98. The SMILES string of the molecule is ClCc1ncoc1Cl. The van der Waals surface area contributed by atoms with Crippen molar-refractivity contribution >= 4 is 23.2 Å². The summed E-state index contributed by atoms with van der Waals surface area (Å²) in [6, 6.07) is 0. The van der Waals surface area contributed by atoms with E-state index < -0.39 is 0 Å². The second-order valence-corrected chi connectivity index (χ2v) is 1.82. The molecule has 4 heteroatoms. The molecule has 0 atom stereocenters. The predicted molar refractivity (Wildman–Crippen MR) is 31.1 cm³/mol. The van der Waals surface area contributed by atoms with E-state index in [-0.39, 0.29) is 5.22 Å². The number of halogens is 2. The topological polar surface area (TPSA) is 26.0 Å². The third kappa shape index (κ3) is 0.956. The molecule has 0 amide bonds. The Kier molecular flexibility index (Phi) is 1.76. The lowest BCUT2D eigenvalue weighted by molar-refractivity contribution is 0.559. The van der Waals surface area contributed by atoms with Gasteiger partial charge in [-0.3, -0.25) is 0 Å². The van der Waals surface area contributed by atoms with Gasteiger partial charge in [-0.1, -0.05) is 0 Å². The Hall–Kier alpha value is -0.210. The van der Waals surface area contributed by atoms with Crippen LogP contribution in [0.5, 0.6) is 0 Å². The second-order valence-electron chi connectivity index (χ2n) is 1.21. The van der Waals surface area contributed by atoms with E-state index in [0.717, 1.165) is 0 Å². The fourth-order valence-corrected chi connectivity index (χ4v) is 0.756. The van der Waals surface area contributed by atoms with Crippen LogP contribution in [0.25, 0.3) is 0 Å². The number of aromatic nitrogens is 1. The summed E-state index contributed by atoms with van der Waals surface area (Å²) >= 11 is 10.8. The van der Waals surface area contributed by atoms with Crippen LogP contribution in [0.15, 0.2) is 10.8 Å². The molecule has 0 aliphatic rings. The van der Waals surface area contributed by atoms with Crippen LogP contribution in [0.2, 0.25) is 5.22 Å². The molecule has 0 aliphatic carbocycles. The molecule has 0 bridgehead atoms. The average molecular weight is 152 g/mol. The number of nitrogens with zero attached hydrogens (tertiary/aromatic N) is 1. The maximum atomic E-state index is 5.43. The van der Waals surface area contributed by atoms with Crippen LogP contribution in [0, 0.1) is 0 Å². The molecule has 44 valence electrons. The fraction of sp³-hybridized carbons (Fsp3) is 0.250. The molecule has 0 aromatic carbocycles. The van der Waals surface area contributed by atoms with Gasteiger partial charge >= 0.3 is 0 Å². The van der Waals surface area contributed by atoms with Gasteiger partial charge < -0.3 is 4.42 Å². The largest absolute Gasteiger partial charge is 0.432 e. The Bertz CT molecular complexity index is 174. The van der Waals surface area contributed by atoms with E-state index in [0.29, 0.717) is 11.6 Å². The van der Waals surface area contributed by atoms with E-state index in [2.05, 4.69) is 9.40 Å². The standard InChI is InChI=1S/C4H3Cl2NO/c5-1-3-4(6)8-2-7-3/h2H,1H2. The Morgan fingerprint density at radius 3 is 2.75 bits per heavy atom. The second kappa shape index (κ2) is 2.37. The maximum Gasteiger partial charge on any atom is 0.218 e. The van der Waals surface area contributed by atoms with Crippen molar-refractivity contribution in [3.63, 3.8) is 0 Å². The summed E-state index contributed by atoms with van der Waals surface area (Å²) in [5.41, 5.74) is 0.591. The van der Waals surface area contributed by atoms with Gasteiger partial charge in [-0.2, -0.15) is 0 Å². The third-order valence-corrected chi connectivity index (χ3v) is 1.28. The lowest BCUT2D eigenvalue weighted by Crippen LogP contribution is -1.73. The zero-order valence-electron chi connectivity index (χ0n) is 3.90. The van der Waals surface area contributed by atoms with Gasteiger partial charge in [0.15, 0.2) is 6.39 Å². The molecule has 0 unspecified atom stereocenters. The van der Waals surface area contributed by atoms with Gasteiger partial charge in [0.2, 0.25) is 5.22 Å². The molecular weight excluding hydrogens is 149 g/mol. The Labute approximate surface area is 56.4 Å². The van der Waals surface area contributed by atoms with E-state index in [9.17, 15) is 0 Å². The van der Waals surface area contributed by atoms with Crippen LogP contribution >= 0.6 is 23.2 Å². The molecule has 0 saturated carbocycles. The van der Waals surface area contributed by atoms with Gasteiger partial charge in [0.25, 0.3) is 0 Å². The van der Waals surface area contributed by atoms with E-state index in [1.165, 1.54) is 6.39 Å². The Morgan fingerprint density at radius 1 is 1.75 bits per heavy atom. The molecular formula is C4H3Cl2NO. The quantitative estimate of drug-likeness (QED) is 0.575. The normalized spacial score (nSPS) is 9.75. The van der Waals surface area contributed by atoms with Gasteiger partial charge in [-0.15, -0.1) is 11.6 Å². The minimum atomic E-state index is 0.278. The van der Waals surface area contributed by atoms with Gasteiger partial charge in [0.1, 0.15) is 5.69 Å². The summed E-state index contributed by atoms with van der Waals surface area (Å²) in [6.45, 7) is 0. The smallest absolute Gasteiger partial charge is 0.218 e. The first-order valence-corrected chi connectivity index (χ1v) is 2.89. The van der Waals surface area contributed by atoms with Crippen molar-refractivity contribution in [3.05, 3.63) is 17.3 Å². The van der Waals surface area contributed by atoms with E-state index in [1.54, 1.807) is 0 Å². The number of hydrogen-bond donors (Lipinski definition) is 0. The van der Waals surface area contributed by atoms with Crippen molar-refractivity contribution < 1.29 is 4.42 Å². The molecule has 1 rings (SSSR count). The highest BCUT2D eigenvalue weighted by Gasteiger charge is 2.00. The van der Waals surface area contributed by atoms with Gasteiger partial charge in [-0.25, -0.2) is 4.98 Å². The molecule has 0 fully saturated rings. The lowest BCUT2D eigenvalue weighted by Gasteiger charge is -1.79. The molecule has 0 aliphatic heterocycles. The molecule has 0 spiro atoms. The molecule has 0 saturated heterocycles. The number of rotatable bonds is 1. The van der Waals surface area contributed by atoms with Crippen LogP contribution < -0.4 is 0 Å². The summed E-state index contributed by atoms with van der Waals surface area (Å²) in [4.78, 5) is 3.70. The zero-order valence-corrected chi connectivity index (χ0v) is 5.41. The summed E-state index contributed by atoms with van der Waals surface area (Å²) in [7, 11) is 0. The van der Waals surface area contributed by atoms with Crippen molar-refractivity contribution in [3.8, 4) is 0 Å². The molecule has 8 heavy (non-hydrogen) atoms. The number of hydrogen-bond acceptors (Lipinski definition) is 2. The van der Waals surface area contributed by atoms with Crippen molar-refractivity contribution in [2.45, 2.75) is 5.88 Å². The average Bonchev–Trinajstić information content (AvgIpc) is 2.14. The van der Waals surface area contributed by atoms with Crippen molar-refractivity contribution in [1.82, 2.24) is 4.98 Å². The number of oxazole rings is 1. The van der Waals surface area contributed by atoms with Crippen molar-refractivity contribution in [2.75, 3.05) is 0 Å². The number of alkyl halides is 1. The van der Waals surface area contributed by atoms with E-state index in [4.69, 9.17) is 23.2 Å². The van der Waals surface area contributed by atoms with Crippen LogP contribution in [0.4, 0.5) is 0 Å². The molecule has 2 nitrogen and oxygen atoms in total. The first kappa shape index (κ1) is 5.92. The van der Waals surface area contributed by atoms with Crippen molar-refractivity contribution in [1.29, 1.82) is 0 Å². The van der Waals surface area contributed by atoms with Gasteiger partial charge in [0.05, 0.1) is 5.88 Å². The molecule has 0 radical (unpaired) electrons. The van der Waals surface area contributed by atoms with E-state index >= 15 is 0 Å². The molecule has 1 heterocycles. The highest BCUT2D eigenvalue weighted by atomic mass is 35.5. The Balaban J connectivity index is 2.92. The molecule has 0 N–H and O–H groups in total.